The van der Waals surface area contributed by atoms with E-state index in [0.29, 0.717) is 0 Å². The maximum atomic E-state index is 12.6. The molecule has 0 saturated carbocycles. The van der Waals surface area contributed by atoms with E-state index in [2.05, 4.69) is 25.8 Å². The fraction of sp³-hybridized carbons (Fsp3) is 0.217. The van der Waals surface area contributed by atoms with Gasteiger partial charge in [0.15, 0.2) is 0 Å². The number of carboxylic acid groups (broad SMARTS) is 1. The summed E-state index contributed by atoms with van der Waals surface area (Å²) in [6.45, 7) is 0.0683. The number of nitrogens with zero attached hydrogens (tertiary/aromatic N) is 3. The Kier molecular flexibility index (Phi) is 6.53. The summed E-state index contributed by atoms with van der Waals surface area (Å²) in [7, 11) is 0. The highest BCUT2D eigenvalue weighted by Crippen LogP contribution is 2.44. The van der Waals surface area contributed by atoms with Crippen LogP contribution in [0.2, 0.25) is 0 Å². The van der Waals surface area contributed by atoms with E-state index in [0.717, 1.165) is 22.3 Å². The van der Waals surface area contributed by atoms with Crippen LogP contribution >= 0.6 is 0 Å². The predicted molar refractivity (Wildman–Crippen MR) is 117 cm³/mol. The molecule has 3 N–H and O–H groups in total. The molecule has 4 rings (SSSR count). The lowest BCUT2D eigenvalue weighted by molar-refractivity contribution is -0.137. The van der Waals surface area contributed by atoms with Gasteiger partial charge in [-0.3, -0.25) is 14.9 Å². The smallest absolute Gasteiger partial charge is 0.407 e. The zero-order chi connectivity index (χ0) is 23.2. The van der Waals surface area contributed by atoms with Crippen LogP contribution in [0.15, 0.2) is 60.9 Å². The number of benzene rings is 2. The zero-order valence-corrected chi connectivity index (χ0v) is 17.5. The average molecular weight is 447 g/mol. The molecule has 0 bridgehead atoms. The minimum Gasteiger partial charge on any atom is -0.481 e. The molecule has 1 heterocycles. The molecule has 168 valence electrons. The fourth-order valence-electron chi connectivity index (χ4n) is 3.82. The molecule has 33 heavy (non-hydrogen) atoms. The number of carbonyl (C=O) groups is 3. The van der Waals surface area contributed by atoms with Gasteiger partial charge in [0.2, 0.25) is 11.9 Å². The van der Waals surface area contributed by atoms with Crippen molar-refractivity contribution in [1.29, 1.82) is 0 Å². The van der Waals surface area contributed by atoms with Crippen molar-refractivity contribution < 1.29 is 24.2 Å². The fourth-order valence-corrected chi connectivity index (χ4v) is 3.82. The van der Waals surface area contributed by atoms with E-state index in [1.165, 1.54) is 12.4 Å². The molecular weight excluding hydrogens is 426 g/mol. The first kappa shape index (κ1) is 21.9. The summed E-state index contributed by atoms with van der Waals surface area (Å²) >= 11 is 0. The van der Waals surface area contributed by atoms with Gasteiger partial charge in [-0.15, -0.1) is 5.10 Å². The summed E-state index contributed by atoms with van der Waals surface area (Å²) in [4.78, 5) is 39.9. The summed E-state index contributed by atoms with van der Waals surface area (Å²) in [5, 5.41) is 21.1. The van der Waals surface area contributed by atoms with Crippen LogP contribution in [-0.2, 0) is 14.3 Å². The van der Waals surface area contributed by atoms with Gasteiger partial charge < -0.3 is 15.2 Å². The Morgan fingerprint density at radius 1 is 1.00 bits per heavy atom. The van der Waals surface area contributed by atoms with Crippen molar-refractivity contribution in [3.63, 3.8) is 0 Å². The minimum absolute atomic E-state index is 0.0582. The van der Waals surface area contributed by atoms with E-state index in [-0.39, 0.29) is 31.3 Å². The number of rotatable bonds is 8. The van der Waals surface area contributed by atoms with Crippen molar-refractivity contribution in [3.8, 4) is 11.1 Å². The van der Waals surface area contributed by atoms with Crippen LogP contribution in [0.3, 0.4) is 0 Å². The quantitative estimate of drug-likeness (QED) is 0.478. The van der Waals surface area contributed by atoms with Crippen LogP contribution in [0.4, 0.5) is 10.7 Å². The number of aliphatic carboxylic acids is 1. The van der Waals surface area contributed by atoms with Crippen LogP contribution in [0.25, 0.3) is 11.1 Å². The molecule has 1 atom stereocenters. The largest absolute Gasteiger partial charge is 0.481 e. The predicted octanol–water partition coefficient (Wildman–Crippen LogP) is 2.58. The lowest BCUT2D eigenvalue weighted by atomic mass is 9.98. The van der Waals surface area contributed by atoms with E-state index in [4.69, 9.17) is 9.84 Å². The lowest BCUT2D eigenvalue weighted by Gasteiger charge is -2.19. The molecule has 1 unspecified atom stereocenters. The zero-order valence-electron chi connectivity index (χ0n) is 17.5. The maximum absolute atomic E-state index is 12.6. The molecule has 2 aromatic carbocycles. The molecule has 0 saturated heterocycles. The van der Waals surface area contributed by atoms with Crippen molar-refractivity contribution in [1.82, 2.24) is 20.5 Å². The average Bonchev–Trinajstić information content (AvgIpc) is 3.14. The molecule has 1 aliphatic rings. The number of nitrogens with one attached hydrogen (secondary N) is 2. The number of carboxylic acids is 1. The van der Waals surface area contributed by atoms with Gasteiger partial charge >= 0.3 is 12.1 Å². The second-order valence-electron chi connectivity index (χ2n) is 7.41. The van der Waals surface area contributed by atoms with Crippen LogP contribution < -0.4 is 10.6 Å². The number of amides is 2. The molecule has 10 nitrogen and oxygen atoms in total. The number of fused-ring (bicyclic) bond motifs is 3. The third kappa shape index (κ3) is 5.12. The Bertz CT molecular complexity index is 1130. The molecule has 0 spiro atoms. The molecule has 1 aliphatic carbocycles. The number of ether oxygens (including phenoxy) is 1. The standard InChI is InChI=1S/C23H21N5O5/c29-20(30)10-9-19(21(31)27-22-24-11-12-25-28-22)26-23(32)33-13-18-16-7-3-1-5-14(16)15-6-2-4-8-17(15)18/h1-8,11-12,18-19H,9-10,13H2,(H,26,32)(H,29,30)(H,24,27,28,31). The van der Waals surface area contributed by atoms with Gasteiger partial charge in [0, 0.05) is 12.3 Å². The summed E-state index contributed by atoms with van der Waals surface area (Å²) in [6.07, 6.45) is 1.40. The number of hydrogen-bond donors (Lipinski definition) is 3. The second kappa shape index (κ2) is 9.86. The monoisotopic (exact) mass is 447 g/mol. The number of hydrogen-bond acceptors (Lipinski definition) is 7. The third-order valence-corrected chi connectivity index (χ3v) is 5.32. The Balaban J connectivity index is 1.42. The van der Waals surface area contributed by atoms with Gasteiger partial charge in [-0.05, 0) is 28.7 Å². The first-order valence-electron chi connectivity index (χ1n) is 10.3. The minimum atomic E-state index is -1.15. The number of aromatic nitrogens is 3. The first-order valence-corrected chi connectivity index (χ1v) is 10.3. The summed E-state index contributed by atoms with van der Waals surface area (Å²) in [5.41, 5.74) is 4.30. The highest BCUT2D eigenvalue weighted by atomic mass is 16.5. The van der Waals surface area contributed by atoms with E-state index in [9.17, 15) is 14.4 Å². The summed E-state index contributed by atoms with van der Waals surface area (Å²) in [6, 6.07) is 14.7. The molecule has 3 aromatic rings. The van der Waals surface area contributed by atoms with Crippen molar-refractivity contribution in [2.45, 2.75) is 24.8 Å². The summed E-state index contributed by atoms with van der Waals surface area (Å²) < 4.78 is 5.46. The van der Waals surface area contributed by atoms with E-state index in [1.807, 2.05) is 48.5 Å². The van der Waals surface area contributed by atoms with Gasteiger partial charge in [-0.1, -0.05) is 48.5 Å². The molecule has 0 aliphatic heterocycles. The summed E-state index contributed by atoms with van der Waals surface area (Å²) in [5.74, 6) is -1.96. The Hall–Kier alpha value is -4.34. The third-order valence-electron chi connectivity index (χ3n) is 5.32. The molecular formula is C23H21N5O5. The number of anilines is 1. The number of alkyl carbamates (subject to hydrolysis) is 1. The SMILES string of the molecule is O=C(O)CCC(NC(=O)OCC1c2ccccc2-c2ccccc21)C(=O)Nc1nccnn1. The van der Waals surface area contributed by atoms with Crippen molar-refractivity contribution in [2.24, 2.45) is 0 Å². The Labute approximate surface area is 189 Å². The highest BCUT2D eigenvalue weighted by Gasteiger charge is 2.30. The van der Waals surface area contributed by atoms with E-state index < -0.39 is 24.0 Å². The maximum Gasteiger partial charge on any atom is 0.407 e. The Morgan fingerprint density at radius 2 is 1.67 bits per heavy atom. The topological polar surface area (TPSA) is 143 Å². The molecule has 1 aromatic heterocycles. The normalized spacial score (nSPS) is 12.8. The lowest BCUT2D eigenvalue weighted by Crippen LogP contribution is -2.44. The van der Waals surface area contributed by atoms with Gasteiger partial charge in [-0.25, -0.2) is 9.78 Å². The molecule has 10 heteroatoms. The van der Waals surface area contributed by atoms with Crippen LogP contribution in [-0.4, -0.2) is 50.9 Å². The van der Waals surface area contributed by atoms with Gasteiger partial charge in [0.25, 0.3) is 0 Å². The van der Waals surface area contributed by atoms with Crippen molar-refractivity contribution in [2.75, 3.05) is 11.9 Å². The van der Waals surface area contributed by atoms with Crippen LogP contribution in [0, 0.1) is 0 Å². The first-order chi connectivity index (χ1) is 16.0. The van der Waals surface area contributed by atoms with Crippen LogP contribution in [0.5, 0.6) is 0 Å². The van der Waals surface area contributed by atoms with Gasteiger partial charge in [0.05, 0.1) is 12.4 Å². The van der Waals surface area contributed by atoms with Crippen LogP contribution in [0.1, 0.15) is 29.9 Å². The van der Waals surface area contributed by atoms with Gasteiger partial charge in [0.1, 0.15) is 12.6 Å². The highest BCUT2D eigenvalue weighted by molar-refractivity contribution is 5.95. The van der Waals surface area contributed by atoms with Gasteiger partial charge in [-0.2, -0.15) is 5.10 Å². The van der Waals surface area contributed by atoms with Crippen molar-refractivity contribution in [3.05, 3.63) is 72.1 Å². The van der Waals surface area contributed by atoms with E-state index in [1.54, 1.807) is 0 Å². The Morgan fingerprint density at radius 3 is 2.27 bits per heavy atom. The molecule has 0 radical (unpaired) electrons. The molecule has 2 amide bonds. The van der Waals surface area contributed by atoms with E-state index >= 15 is 0 Å². The van der Waals surface area contributed by atoms with Crippen molar-refractivity contribution >= 4 is 23.9 Å². The second-order valence-corrected chi connectivity index (χ2v) is 7.41. The molecule has 0 fully saturated rings. The number of carbonyl (C=O) groups excluding carboxylic acids is 2.